The van der Waals surface area contributed by atoms with E-state index < -0.39 is 11.0 Å². The highest BCUT2D eigenvalue weighted by Crippen LogP contribution is 2.42. The Balaban J connectivity index is 1.42. The maximum Gasteiger partial charge on any atom is 0.289 e. The van der Waals surface area contributed by atoms with Gasteiger partial charge in [-0.25, -0.2) is 0 Å². The number of ether oxygens (including phenoxy) is 2. The molecule has 34 heavy (non-hydrogen) atoms. The molecule has 0 spiro atoms. The van der Waals surface area contributed by atoms with E-state index in [-0.39, 0.29) is 41.7 Å². The molecule has 1 saturated heterocycles. The summed E-state index contributed by atoms with van der Waals surface area (Å²) in [7, 11) is 0. The molecule has 2 fully saturated rings. The number of fused-ring (bicyclic) bond motifs is 1. The smallest absolute Gasteiger partial charge is 0.289 e. The predicted octanol–water partition coefficient (Wildman–Crippen LogP) is 2.47. The first kappa shape index (κ1) is 22.2. The molecular formula is C23H26N4O7. The highest BCUT2D eigenvalue weighted by Gasteiger charge is 2.38. The van der Waals surface area contributed by atoms with Crippen molar-refractivity contribution < 1.29 is 28.4 Å². The van der Waals surface area contributed by atoms with Crippen molar-refractivity contribution in [2.45, 2.75) is 37.8 Å². The maximum atomic E-state index is 13.5. The number of piperazine rings is 1. The second-order valence-electron chi connectivity index (χ2n) is 8.72. The van der Waals surface area contributed by atoms with Crippen molar-refractivity contribution in [1.29, 1.82) is 0 Å². The third kappa shape index (κ3) is 4.30. The molecule has 3 aliphatic rings. The fraction of sp³-hybridized carbons (Fsp3) is 0.478. The Morgan fingerprint density at radius 1 is 1.09 bits per heavy atom. The summed E-state index contributed by atoms with van der Waals surface area (Å²) in [4.78, 5) is 41.2. The predicted molar refractivity (Wildman–Crippen MR) is 119 cm³/mol. The van der Waals surface area contributed by atoms with E-state index in [1.54, 1.807) is 23.1 Å². The van der Waals surface area contributed by atoms with Gasteiger partial charge in [-0.3, -0.25) is 24.6 Å². The molecular weight excluding hydrogens is 444 g/mol. The molecule has 1 N–H and O–H groups in total. The molecule has 2 amide bonds. The van der Waals surface area contributed by atoms with Gasteiger partial charge in [0.25, 0.3) is 11.6 Å². The van der Waals surface area contributed by atoms with Crippen LogP contribution in [0.2, 0.25) is 0 Å². The van der Waals surface area contributed by atoms with Crippen molar-refractivity contribution in [3.63, 3.8) is 0 Å². The first-order valence-electron chi connectivity index (χ1n) is 11.5. The summed E-state index contributed by atoms with van der Waals surface area (Å²) in [5.41, 5.74) is 0.0699. The van der Waals surface area contributed by atoms with Gasteiger partial charge in [0.05, 0.1) is 22.8 Å². The SMILES string of the molecule is O=C(NC1CCCC1)[C@H](c1cc2c(cc1[N+](=O)[O-])OCO2)N1CCN(C(=O)c2ccco2)CC1. The number of carbonyl (C=O) groups is 2. The minimum atomic E-state index is -0.892. The molecule has 1 aromatic carbocycles. The summed E-state index contributed by atoms with van der Waals surface area (Å²) in [6, 6.07) is 5.30. The standard InChI is InChI=1S/C23H26N4O7/c28-22(24-15-4-1-2-5-15)21(16-12-19-20(34-14-33-19)13-17(16)27(30)31)25-7-9-26(10-8-25)23(29)18-6-3-11-32-18/h3,6,11-13,15,21H,1-2,4-5,7-10,14H2,(H,24,28)/t21-/m0/s1. The molecule has 1 aromatic heterocycles. The van der Waals surface area contributed by atoms with Crippen molar-refractivity contribution in [3.8, 4) is 11.5 Å². The Labute approximate surface area is 195 Å². The molecule has 2 aromatic rings. The number of amides is 2. The van der Waals surface area contributed by atoms with Gasteiger partial charge in [-0.15, -0.1) is 0 Å². The molecule has 0 bridgehead atoms. The lowest BCUT2D eigenvalue weighted by molar-refractivity contribution is -0.386. The number of benzene rings is 1. The Kier molecular flexibility index (Phi) is 6.10. The summed E-state index contributed by atoms with van der Waals surface area (Å²) in [6.45, 7) is 1.46. The minimum Gasteiger partial charge on any atom is -0.459 e. The van der Waals surface area contributed by atoms with Crippen molar-refractivity contribution in [2.75, 3.05) is 33.0 Å². The third-order valence-corrected chi connectivity index (χ3v) is 6.66. The van der Waals surface area contributed by atoms with E-state index in [1.807, 2.05) is 4.90 Å². The lowest BCUT2D eigenvalue weighted by atomic mass is 9.99. The number of hydrogen-bond donors (Lipinski definition) is 1. The van der Waals surface area contributed by atoms with E-state index in [4.69, 9.17) is 13.9 Å². The molecule has 180 valence electrons. The first-order chi connectivity index (χ1) is 16.5. The summed E-state index contributed by atoms with van der Waals surface area (Å²) in [5, 5.41) is 15.0. The fourth-order valence-corrected chi connectivity index (χ4v) is 4.92. The van der Waals surface area contributed by atoms with Crippen LogP contribution in [-0.4, -0.2) is 65.6 Å². The van der Waals surface area contributed by atoms with Crippen LogP contribution in [0.15, 0.2) is 34.9 Å². The Bertz CT molecular complexity index is 1070. The Morgan fingerprint density at radius 3 is 2.44 bits per heavy atom. The lowest BCUT2D eigenvalue weighted by Gasteiger charge is -2.38. The van der Waals surface area contributed by atoms with Gasteiger partial charge < -0.3 is 24.1 Å². The molecule has 1 atom stereocenters. The van der Waals surface area contributed by atoms with Crippen LogP contribution in [0.4, 0.5) is 5.69 Å². The molecule has 1 saturated carbocycles. The zero-order valence-electron chi connectivity index (χ0n) is 18.6. The van der Waals surface area contributed by atoms with Gasteiger partial charge in [-0.1, -0.05) is 12.8 Å². The van der Waals surface area contributed by atoms with Gasteiger partial charge in [-0.05, 0) is 31.0 Å². The number of rotatable bonds is 6. The fourth-order valence-electron chi connectivity index (χ4n) is 4.92. The van der Waals surface area contributed by atoms with Crippen molar-refractivity contribution >= 4 is 17.5 Å². The molecule has 11 nitrogen and oxygen atoms in total. The monoisotopic (exact) mass is 470 g/mol. The number of nitro groups is 1. The van der Waals surface area contributed by atoms with Crippen molar-refractivity contribution in [3.05, 3.63) is 52.0 Å². The van der Waals surface area contributed by atoms with E-state index in [9.17, 15) is 19.7 Å². The van der Waals surface area contributed by atoms with Crippen molar-refractivity contribution in [1.82, 2.24) is 15.1 Å². The number of hydrogen-bond acceptors (Lipinski definition) is 8. The molecule has 0 radical (unpaired) electrons. The van der Waals surface area contributed by atoms with Gasteiger partial charge >= 0.3 is 0 Å². The van der Waals surface area contributed by atoms with Gasteiger partial charge in [0.15, 0.2) is 17.3 Å². The van der Waals surface area contributed by atoms with E-state index in [0.29, 0.717) is 37.7 Å². The number of furan rings is 1. The zero-order valence-corrected chi connectivity index (χ0v) is 18.6. The quantitative estimate of drug-likeness (QED) is 0.504. The number of carbonyl (C=O) groups excluding carboxylic acids is 2. The summed E-state index contributed by atoms with van der Waals surface area (Å²) in [5.74, 6) is 0.436. The molecule has 3 heterocycles. The maximum absolute atomic E-state index is 13.5. The summed E-state index contributed by atoms with van der Waals surface area (Å²) >= 11 is 0. The average Bonchev–Trinajstić information content (AvgIpc) is 3.61. The van der Waals surface area contributed by atoms with Gasteiger partial charge in [-0.2, -0.15) is 0 Å². The molecule has 11 heteroatoms. The minimum absolute atomic E-state index is 0.0254. The topological polar surface area (TPSA) is 127 Å². The third-order valence-electron chi connectivity index (χ3n) is 6.66. The molecule has 1 aliphatic carbocycles. The number of nitrogens with zero attached hydrogens (tertiary/aromatic N) is 3. The van der Waals surface area contributed by atoms with Crippen LogP contribution in [0.1, 0.15) is 47.8 Å². The highest BCUT2D eigenvalue weighted by molar-refractivity contribution is 5.91. The molecule has 0 unspecified atom stereocenters. The highest BCUT2D eigenvalue weighted by atomic mass is 16.7. The lowest BCUT2D eigenvalue weighted by Crippen LogP contribution is -2.53. The van der Waals surface area contributed by atoms with Crippen LogP contribution in [0.3, 0.4) is 0 Å². The summed E-state index contributed by atoms with van der Waals surface area (Å²) < 4.78 is 16.0. The average molecular weight is 470 g/mol. The zero-order chi connectivity index (χ0) is 23.7. The van der Waals surface area contributed by atoms with Gasteiger partial charge in [0.1, 0.15) is 6.04 Å². The second kappa shape index (κ2) is 9.34. The van der Waals surface area contributed by atoms with Crippen LogP contribution in [0, 0.1) is 10.1 Å². The Hall–Kier alpha value is -3.60. The van der Waals surface area contributed by atoms with Gasteiger partial charge in [0.2, 0.25) is 12.7 Å². The van der Waals surface area contributed by atoms with Crippen LogP contribution in [0.25, 0.3) is 0 Å². The van der Waals surface area contributed by atoms with Crippen molar-refractivity contribution in [2.24, 2.45) is 0 Å². The van der Waals surface area contributed by atoms with Crippen LogP contribution >= 0.6 is 0 Å². The number of nitrogens with one attached hydrogen (secondary N) is 1. The molecule has 2 aliphatic heterocycles. The number of nitro benzene ring substituents is 1. The normalized spacial score (nSPS) is 19.2. The second-order valence-corrected chi connectivity index (χ2v) is 8.72. The van der Waals surface area contributed by atoms with Crippen LogP contribution in [0.5, 0.6) is 11.5 Å². The molecule has 5 rings (SSSR count). The summed E-state index contributed by atoms with van der Waals surface area (Å²) in [6.07, 6.45) is 5.34. The largest absolute Gasteiger partial charge is 0.459 e. The van der Waals surface area contributed by atoms with E-state index in [0.717, 1.165) is 25.7 Å². The van der Waals surface area contributed by atoms with E-state index in [2.05, 4.69) is 5.32 Å². The Morgan fingerprint density at radius 2 is 1.79 bits per heavy atom. The first-order valence-corrected chi connectivity index (χ1v) is 11.5. The van der Waals surface area contributed by atoms with Crippen LogP contribution < -0.4 is 14.8 Å². The van der Waals surface area contributed by atoms with Gasteiger partial charge in [0, 0.05) is 32.2 Å². The van der Waals surface area contributed by atoms with Crippen LogP contribution in [-0.2, 0) is 4.79 Å². The van der Waals surface area contributed by atoms with E-state index >= 15 is 0 Å². The van der Waals surface area contributed by atoms with E-state index in [1.165, 1.54) is 12.3 Å².